The van der Waals surface area contributed by atoms with Crippen molar-refractivity contribution in [1.82, 2.24) is 0 Å². The number of nitro benzene ring substituents is 1. The Kier molecular flexibility index (Phi) is 3.75. The number of hydrogen-bond donors (Lipinski definition) is 0. The highest BCUT2D eigenvalue weighted by atomic mass is 32.2. The summed E-state index contributed by atoms with van der Waals surface area (Å²) >= 11 is 0.859. The molecule has 0 aliphatic heterocycles. The minimum atomic E-state index is -1.05. The van der Waals surface area contributed by atoms with E-state index in [9.17, 15) is 23.3 Å². The van der Waals surface area contributed by atoms with E-state index in [1.54, 1.807) is 0 Å². The third kappa shape index (κ3) is 3.05. The Hall–Kier alpha value is -2.02. The van der Waals surface area contributed by atoms with Gasteiger partial charge in [0.1, 0.15) is 5.82 Å². The lowest BCUT2D eigenvalue weighted by molar-refractivity contribution is -0.387. The Morgan fingerprint density at radius 2 is 1.74 bits per heavy atom. The fourth-order valence-electron chi connectivity index (χ4n) is 1.39. The molecule has 0 unspecified atom stereocenters. The summed E-state index contributed by atoms with van der Waals surface area (Å²) in [6, 6.07) is 6.20. The van der Waals surface area contributed by atoms with Crippen molar-refractivity contribution in [3.63, 3.8) is 0 Å². The molecule has 0 saturated carbocycles. The van der Waals surface area contributed by atoms with Gasteiger partial charge in [-0.1, -0.05) is 11.8 Å². The molecule has 0 saturated heterocycles. The molecular formula is C12H6F3NO2S. The molecule has 0 aliphatic rings. The molecule has 0 aliphatic carbocycles. The van der Waals surface area contributed by atoms with Gasteiger partial charge in [0, 0.05) is 4.90 Å². The number of nitro groups is 1. The minimum Gasteiger partial charge on any atom is -0.258 e. The van der Waals surface area contributed by atoms with E-state index < -0.39 is 28.1 Å². The first-order valence-electron chi connectivity index (χ1n) is 5.04. The first kappa shape index (κ1) is 13.4. The Morgan fingerprint density at radius 1 is 1.00 bits per heavy atom. The quantitative estimate of drug-likeness (QED) is 0.628. The average Bonchev–Trinajstić information content (AvgIpc) is 2.36. The summed E-state index contributed by atoms with van der Waals surface area (Å²) in [6.07, 6.45) is 0. The Bertz CT molecular complexity index is 649. The first-order chi connectivity index (χ1) is 8.97. The van der Waals surface area contributed by atoms with Crippen molar-refractivity contribution in [2.75, 3.05) is 0 Å². The van der Waals surface area contributed by atoms with Crippen LogP contribution in [0, 0.1) is 27.6 Å². The lowest BCUT2D eigenvalue weighted by atomic mass is 10.3. The van der Waals surface area contributed by atoms with Gasteiger partial charge in [-0.3, -0.25) is 10.1 Å². The van der Waals surface area contributed by atoms with Gasteiger partial charge >= 0.3 is 0 Å². The van der Waals surface area contributed by atoms with Crippen LogP contribution in [0.25, 0.3) is 0 Å². The monoisotopic (exact) mass is 285 g/mol. The minimum absolute atomic E-state index is 0.150. The largest absolute Gasteiger partial charge is 0.286 e. The van der Waals surface area contributed by atoms with Gasteiger partial charge in [0.05, 0.1) is 15.9 Å². The highest BCUT2D eigenvalue weighted by molar-refractivity contribution is 7.99. The zero-order valence-electron chi connectivity index (χ0n) is 9.27. The van der Waals surface area contributed by atoms with Gasteiger partial charge in [-0.25, -0.2) is 13.2 Å². The van der Waals surface area contributed by atoms with E-state index in [4.69, 9.17) is 0 Å². The van der Waals surface area contributed by atoms with Gasteiger partial charge in [-0.05, 0) is 30.3 Å². The molecule has 0 radical (unpaired) electrons. The van der Waals surface area contributed by atoms with Crippen LogP contribution in [0.1, 0.15) is 0 Å². The van der Waals surface area contributed by atoms with Crippen molar-refractivity contribution < 1.29 is 18.1 Å². The summed E-state index contributed by atoms with van der Waals surface area (Å²) in [7, 11) is 0. The van der Waals surface area contributed by atoms with Crippen LogP contribution in [-0.2, 0) is 0 Å². The summed E-state index contributed by atoms with van der Waals surface area (Å²) in [5, 5.41) is 10.8. The second-order valence-electron chi connectivity index (χ2n) is 3.55. The maximum absolute atomic E-state index is 13.0. The molecule has 0 N–H and O–H groups in total. The predicted octanol–water partition coefficient (Wildman–Crippen LogP) is 4.16. The van der Waals surface area contributed by atoms with E-state index in [1.807, 2.05) is 0 Å². The second kappa shape index (κ2) is 5.31. The average molecular weight is 285 g/mol. The molecule has 0 heterocycles. The molecule has 0 spiro atoms. The maximum atomic E-state index is 13.0. The van der Waals surface area contributed by atoms with Crippen LogP contribution < -0.4 is 0 Å². The van der Waals surface area contributed by atoms with Crippen LogP contribution in [-0.4, -0.2) is 4.92 Å². The molecule has 7 heteroatoms. The fourth-order valence-corrected chi connectivity index (χ4v) is 2.31. The molecule has 2 aromatic rings. The van der Waals surface area contributed by atoms with Gasteiger partial charge in [0.15, 0.2) is 11.6 Å². The van der Waals surface area contributed by atoms with Crippen LogP contribution in [0.5, 0.6) is 0 Å². The fraction of sp³-hybridized carbons (Fsp3) is 0. The Morgan fingerprint density at radius 3 is 2.37 bits per heavy atom. The molecule has 19 heavy (non-hydrogen) atoms. The molecule has 0 atom stereocenters. The van der Waals surface area contributed by atoms with Crippen LogP contribution in [0.3, 0.4) is 0 Å². The number of nitrogens with zero attached hydrogens (tertiary/aromatic N) is 1. The van der Waals surface area contributed by atoms with Crippen LogP contribution in [0.15, 0.2) is 46.2 Å². The van der Waals surface area contributed by atoms with Crippen LogP contribution in [0.2, 0.25) is 0 Å². The van der Waals surface area contributed by atoms with Crippen LogP contribution >= 0.6 is 11.8 Å². The van der Waals surface area contributed by atoms with E-state index in [-0.39, 0.29) is 9.79 Å². The van der Waals surface area contributed by atoms with Gasteiger partial charge in [-0.15, -0.1) is 0 Å². The van der Waals surface area contributed by atoms with Crippen molar-refractivity contribution in [3.05, 3.63) is 64.0 Å². The van der Waals surface area contributed by atoms with E-state index in [1.165, 1.54) is 12.1 Å². The summed E-state index contributed by atoms with van der Waals surface area (Å²) < 4.78 is 38.7. The molecular weight excluding hydrogens is 279 g/mol. The third-order valence-electron chi connectivity index (χ3n) is 2.24. The van der Waals surface area contributed by atoms with Gasteiger partial charge < -0.3 is 0 Å². The van der Waals surface area contributed by atoms with Gasteiger partial charge in [-0.2, -0.15) is 0 Å². The van der Waals surface area contributed by atoms with Crippen molar-refractivity contribution in [1.29, 1.82) is 0 Å². The zero-order chi connectivity index (χ0) is 14.0. The van der Waals surface area contributed by atoms with Crippen molar-refractivity contribution >= 4 is 17.4 Å². The molecule has 0 amide bonds. The summed E-state index contributed by atoms with van der Waals surface area (Å²) in [5.74, 6) is -2.78. The number of benzene rings is 2. The van der Waals surface area contributed by atoms with Gasteiger partial charge in [0.2, 0.25) is 0 Å². The lowest BCUT2D eigenvalue weighted by Gasteiger charge is -2.03. The summed E-state index contributed by atoms with van der Waals surface area (Å²) in [4.78, 5) is 10.5. The normalized spacial score (nSPS) is 10.5. The van der Waals surface area contributed by atoms with Crippen molar-refractivity contribution in [3.8, 4) is 0 Å². The summed E-state index contributed by atoms with van der Waals surface area (Å²) in [5.41, 5.74) is -0.422. The number of rotatable bonds is 3. The lowest BCUT2D eigenvalue weighted by Crippen LogP contribution is -1.92. The van der Waals surface area contributed by atoms with Gasteiger partial charge in [0.25, 0.3) is 5.69 Å². The molecule has 98 valence electrons. The molecule has 0 bridgehead atoms. The first-order valence-corrected chi connectivity index (χ1v) is 5.86. The third-order valence-corrected chi connectivity index (χ3v) is 3.29. The Labute approximate surface area is 110 Å². The van der Waals surface area contributed by atoms with E-state index in [0.29, 0.717) is 0 Å². The molecule has 0 aromatic heterocycles. The molecule has 2 rings (SSSR count). The van der Waals surface area contributed by atoms with Crippen molar-refractivity contribution in [2.45, 2.75) is 9.79 Å². The highest BCUT2D eigenvalue weighted by Crippen LogP contribution is 2.35. The Balaban J connectivity index is 2.37. The number of halogens is 3. The second-order valence-corrected chi connectivity index (χ2v) is 4.66. The molecule has 0 fully saturated rings. The summed E-state index contributed by atoms with van der Waals surface area (Å²) in [6.45, 7) is 0. The zero-order valence-corrected chi connectivity index (χ0v) is 10.1. The maximum Gasteiger partial charge on any atom is 0.286 e. The highest BCUT2D eigenvalue weighted by Gasteiger charge is 2.16. The standard InChI is InChI=1S/C12H6F3NO2S/c13-7-1-4-12(11(5-7)16(17)18)19-8-2-3-9(14)10(15)6-8/h1-6H. The smallest absolute Gasteiger partial charge is 0.258 e. The van der Waals surface area contributed by atoms with Crippen molar-refractivity contribution in [2.24, 2.45) is 0 Å². The van der Waals surface area contributed by atoms with E-state index in [2.05, 4.69) is 0 Å². The van der Waals surface area contributed by atoms with E-state index >= 15 is 0 Å². The molecule has 2 aromatic carbocycles. The SMILES string of the molecule is O=[N+]([O-])c1cc(F)ccc1Sc1ccc(F)c(F)c1. The number of hydrogen-bond acceptors (Lipinski definition) is 3. The topological polar surface area (TPSA) is 43.1 Å². The van der Waals surface area contributed by atoms with Crippen LogP contribution in [0.4, 0.5) is 18.9 Å². The predicted molar refractivity (Wildman–Crippen MR) is 63.5 cm³/mol. The van der Waals surface area contributed by atoms with E-state index in [0.717, 1.165) is 36.0 Å². The molecule has 3 nitrogen and oxygen atoms in total.